The van der Waals surface area contributed by atoms with Crippen molar-refractivity contribution in [2.75, 3.05) is 4.90 Å². The number of benzene rings is 11. The van der Waals surface area contributed by atoms with Crippen molar-refractivity contribution in [3.05, 3.63) is 301 Å². The average molecular weight is 926 g/mol. The second kappa shape index (κ2) is 17.7. The van der Waals surface area contributed by atoms with E-state index in [9.17, 15) is 0 Å². The molecule has 13 rings (SSSR count). The zero-order chi connectivity index (χ0) is 46.4. The van der Waals surface area contributed by atoms with Crippen LogP contribution in [0.4, 0.5) is 17.1 Å². The molecule has 0 aliphatic carbocycles. The van der Waals surface area contributed by atoms with Crippen molar-refractivity contribution in [2.24, 2.45) is 0 Å². The lowest BCUT2D eigenvalue weighted by atomic mass is 9.64. The molecule has 1 atom stereocenters. The highest BCUT2D eigenvalue weighted by Gasteiger charge is 2.50. The number of para-hydroxylation sites is 1. The minimum absolute atomic E-state index is 0.460. The number of hydrogen-bond donors (Lipinski definition) is 0. The summed E-state index contributed by atoms with van der Waals surface area (Å²) in [4.78, 5) is 5.01. The minimum atomic E-state index is -1.87. The second-order valence-electron chi connectivity index (χ2n) is 18.4. The smallest absolute Gasteiger partial charge is 0.133 e. The first kappa shape index (κ1) is 41.9. The van der Waals surface area contributed by atoms with Crippen LogP contribution in [-0.4, -0.2) is 8.80 Å². The fourth-order valence-corrected chi connectivity index (χ4v) is 16.0. The third kappa shape index (κ3) is 7.17. The van der Waals surface area contributed by atoms with E-state index in [1.54, 1.807) is 0 Å². The number of anilines is 3. The molecule has 2 aliphatic rings. The van der Waals surface area contributed by atoms with Crippen LogP contribution in [0, 0.1) is 0 Å². The predicted molar refractivity (Wildman–Crippen MR) is 298 cm³/mol. The zero-order valence-electron chi connectivity index (χ0n) is 38.5. The van der Waals surface area contributed by atoms with Crippen molar-refractivity contribution in [3.8, 4) is 44.5 Å². The summed E-state index contributed by atoms with van der Waals surface area (Å²) in [5.74, 6) is 0. The summed E-state index contributed by atoms with van der Waals surface area (Å²) >= 11 is 1.90. The van der Waals surface area contributed by atoms with Crippen LogP contribution in [0.15, 0.2) is 289 Å². The maximum atomic E-state index is 2.55. The number of hydrogen-bond acceptors (Lipinski definition) is 2. The molecule has 0 N–H and O–H groups in total. The Bertz CT molecular complexity index is 3620. The van der Waals surface area contributed by atoms with E-state index in [2.05, 4.69) is 284 Å². The fourth-order valence-electron chi connectivity index (χ4n) is 11.3. The van der Waals surface area contributed by atoms with Gasteiger partial charge in [0.05, 0.1) is 5.41 Å². The van der Waals surface area contributed by atoms with Gasteiger partial charge in [-0.2, -0.15) is 0 Å². The molecule has 1 nitrogen and oxygen atoms in total. The second-order valence-corrected chi connectivity index (χ2v) is 22.2. The van der Waals surface area contributed by atoms with Crippen LogP contribution in [-0.2, 0) is 5.41 Å². The lowest BCUT2D eigenvalue weighted by molar-refractivity contribution is 0.708. The normalized spacial score (nSPS) is 13.9. The van der Waals surface area contributed by atoms with Crippen molar-refractivity contribution in [3.63, 3.8) is 0 Å². The van der Waals surface area contributed by atoms with Crippen LogP contribution in [0.3, 0.4) is 0 Å². The number of fused-ring (bicyclic) bond motifs is 8. The van der Waals surface area contributed by atoms with Crippen LogP contribution < -0.4 is 20.5 Å². The van der Waals surface area contributed by atoms with Gasteiger partial charge in [0, 0.05) is 26.9 Å². The average Bonchev–Trinajstić information content (AvgIpc) is 3.44. The first-order valence-electron chi connectivity index (χ1n) is 24.2. The molecule has 0 radical (unpaired) electrons. The molecular formula is C67H47NSSi. The molecule has 1 spiro atoms. The van der Waals surface area contributed by atoms with Crippen molar-refractivity contribution in [1.82, 2.24) is 0 Å². The summed E-state index contributed by atoms with van der Waals surface area (Å²) in [6.45, 7) is 0. The molecule has 0 aromatic heterocycles. The van der Waals surface area contributed by atoms with Gasteiger partial charge in [-0.15, -0.1) is 0 Å². The summed E-state index contributed by atoms with van der Waals surface area (Å²) in [6.07, 6.45) is 0. The summed E-state index contributed by atoms with van der Waals surface area (Å²) in [6, 6.07) is 104. The fraction of sp³-hybridized carbons (Fsp3) is 0.0149. The van der Waals surface area contributed by atoms with E-state index in [-0.39, 0.29) is 0 Å². The molecule has 2 heterocycles. The number of rotatable bonds is 8. The lowest BCUT2D eigenvalue weighted by Gasteiger charge is -2.48. The predicted octanol–water partition coefficient (Wildman–Crippen LogP) is 15.2. The van der Waals surface area contributed by atoms with Gasteiger partial charge in [-0.3, -0.25) is 0 Å². The monoisotopic (exact) mass is 925 g/mol. The third-order valence-electron chi connectivity index (χ3n) is 14.5. The van der Waals surface area contributed by atoms with Crippen molar-refractivity contribution in [1.29, 1.82) is 0 Å². The van der Waals surface area contributed by atoms with Gasteiger partial charge in [-0.1, -0.05) is 241 Å². The highest BCUT2D eigenvalue weighted by atomic mass is 32.2. The Morgan fingerprint density at radius 3 is 1.29 bits per heavy atom. The molecule has 11 aromatic carbocycles. The first-order valence-corrected chi connectivity index (χ1v) is 26.7. The Balaban J connectivity index is 0.873. The van der Waals surface area contributed by atoms with E-state index in [1.807, 2.05) is 11.8 Å². The molecule has 70 heavy (non-hydrogen) atoms. The SMILES string of the molecule is c1ccc(-c2ccc(-c3ccc(N(c4ccccc4)c4cccc(-c5ccc(-c6ccc7c(c6)C6(c8ccccc8Sc8ccccc86)c6ccccc6[SiH]7c6ccccc6)cc5)c4)cc3)cc2)cc1. The standard InChI is InChI=1S/C67H47NSSi/c1-4-17-47(18-5-1)48-31-33-49(34-32-48)50-39-42-56(43-40-50)68(55-20-6-2-7-21-55)57-22-16-19-53(45-57)51-35-37-52(38-36-51)54-41-44-66-62(46-54)67(59-25-10-13-28-63(59)69-64-29-14-11-26-60(64)67)61-27-12-15-30-65(61)70(66)58-23-8-3-9-24-58/h1-46,70H. The summed E-state index contributed by atoms with van der Waals surface area (Å²) in [5, 5.41) is 4.45. The van der Waals surface area contributed by atoms with E-state index in [0.717, 1.165) is 17.1 Å². The summed E-state index contributed by atoms with van der Waals surface area (Å²) in [5.41, 5.74) is 18.1. The third-order valence-corrected chi connectivity index (χ3v) is 19.0. The van der Waals surface area contributed by atoms with E-state index >= 15 is 0 Å². The van der Waals surface area contributed by atoms with Gasteiger partial charge in [-0.05, 0) is 132 Å². The molecule has 0 bridgehead atoms. The molecule has 0 saturated heterocycles. The highest BCUT2D eigenvalue weighted by molar-refractivity contribution is 7.99. The van der Waals surface area contributed by atoms with Gasteiger partial charge in [0.25, 0.3) is 0 Å². The van der Waals surface area contributed by atoms with Crippen LogP contribution >= 0.6 is 11.8 Å². The molecule has 11 aromatic rings. The molecule has 0 saturated carbocycles. The maximum Gasteiger partial charge on any atom is 0.133 e. The van der Waals surface area contributed by atoms with Gasteiger partial charge >= 0.3 is 0 Å². The minimum Gasteiger partial charge on any atom is -0.310 e. The van der Waals surface area contributed by atoms with E-state index in [0.29, 0.717) is 0 Å². The van der Waals surface area contributed by atoms with Crippen LogP contribution in [0.25, 0.3) is 44.5 Å². The summed E-state index contributed by atoms with van der Waals surface area (Å²) < 4.78 is 0. The Kier molecular flexibility index (Phi) is 10.6. The van der Waals surface area contributed by atoms with E-state index < -0.39 is 14.2 Å². The molecule has 3 heteroatoms. The molecule has 0 amide bonds. The Morgan fingerprint density at radius 2 is 0.671 bits per heavy atom. The highest BCUT2D eigenvalue weighted by Crippen LogP contribution is 2.56. The number of nitrogens with zero attached hydrogens (tertiary/aromatic N) is 1. The Hall–Kier alpha value is -8.21. The topological polar surface area (TPSA) is 3.24 Å². The molecular weight excluding hydrogens is 879 g/mol. The van der Waals surface area contributed by atoms with Crippen LogP contribution in [0.2, 0.25) is 0 Å². The molecule has 330 valence electrons. The molecule has 1 unspecified atom stereocenters. The quantitative estimate of drug-likeness (QED) is 0.140. The van der Waals surface area contributed by atoms with Gasteiger partial charge in [0.2, 0.25) is 0 Å². The first-order chi connectivity index (χ1) is 34.7. The van der Waals surface area contributed by atoms with Gasteiger partial charge in [0.15, 0.2) is 0 Å². The van der Waals surface area contributed by atoms with Gasteiger partial charge < -0.3 is 4.90 Å². The van der Waals surface area contributed by atoms with E-state index in [4.69, 9.17) is 0 Å². The van der Waals surface area contributed by atoms with Crippen LogP contribution in [0.5, 0.6) is 0 Å². The van der Waals surface area contributed by atoms with Gasteiger partial charge in [0.1, 0.15) is 8.80 Å². The maximum absolute atomic E-state index is 2.55. The van der Waals surface area contributed by atoms with Gasteiger partial charge in [-0.25, -0.2) is 0 Å². The van der Waals surface area contributed by atoms with Crippen LogP contribution in [0.1, 0.15) is 22.3 Å². The van der Waals surface area contributed by atoms with Crippen molar-refractivity contribution >= 4 is 53.2 Å². The van der Waals surface area contributed by atoms with E-state index in [1.165, 1.54) is 92.1 Å². The van der Waals surface area contributed by atoms with Crippen molar-refractivity contribution in [2.45, 2.75) is 15.2 Å². The Labute approximate surface area is 416 Å². The zero-order valence-corrected chi connectivity index (χ0v) is 40.5. The molecule has 0 fully saturated rings. The largest absolute Gasteiger partial charge is 0.310 e. The summed E-state index contributed by atoms with van der Waals surface area (Å²) in [7, 11) is -1.87. The Morgan fingerprint density at radius 1 is 0.271 bits per heavy atom. The van der Waals surface area contributed by atoms with Crippen molar-refractivity contribution < 1.29 is 0 Å². The molecule has 2 aliphatic heterocycles. The lowest BCUT2D eigenvalue weighted by Crippen LogP contribution is -2.62.